The highest BCUT2D eigenvalue weighted by Gasteiger charge is 2.13. The summed E-state index contributed by atoms with van der Waals surface area (Å²) in [4.78, 5) is 16.4. The van der Waals surface area contributed by atoms with Crippen LogP contribution < -0.4 is 11.1 Å². The Morgan fingerprint density at radius 1 is 1.17 bits per heavy atom. The Bertz CT molecular complexity index is 852. The van der Waals surface area contributed by atoms with E-state index in [1.807, 2.05) is 30.3 Å². The van der Waals surface area contributed by atoms with Crippen molar-refractivity contribution in [2.75, 3.05) is 16.8 Å². The van der Waals surface area contributed by atoms with Gasteiger partial charge in [0.05, 0.1) is 11.4 Å². The number of halogens is 1. The Morgan fingerprint density at radius 3 is 2.62 bits per heavy atom. The lowest BCUT2D eigenvalue weighted by molar-refractivity contribution is -0.113. The van der Waals surface area contributed by atoms with Crippen LogP contribution in [-0.2, 0) is 4.79 Å². The fraction of sp³-hybridized carbons (Fsp3) is 0.0588. The van der Waals surface area contributed by atoms with Gasteiger partial charge in [0.25, 0.3) is 0 Å². The van der Waals surface area contributed by atoms with Gasteiger partial charge in [-0.05, 0) is 12.1 Å². The van der Waals surface area contributed by atoms with Crippen LogP contribution in [-0.4, -0.2) is 16.6 Å². The van der Waals surface area contributed by atoms with E-state index in [1.54, 1.807) is 12.1 Å². The molecule has 0 aliphatic heterocycles. The number of hydrogen-bond donors (Lipinski definition) is 2. The first-order chi connectivity index (χ1) is 11.6. The largest absolute Gasteiger partial charge is 0.389 e. The van der Waals surface area contributed by atoms with Crippen LogP contribution in [0, 0.1) is 5.82 Å². The van der Waals surface area contributed by atoms with Crippen LogP contribution in [0.2, 0.25) is 0 Å². The molecule has 24 heavy (non-hydrogen) atoms. The number of aromatic nitrogens is 1. The number of anilines is 2. The Hall–Kier alpha value is -2.38. The van der Waals surface area contributed by atoms with Crippen LogP contribution in [0.5, 0.6) is 0 Å². The second-order valence-corrected chi connectivity index (χ2v) is 7.13. The molecule has 3 N–H and O–H groups in total. The zero-order valence-corrected chi connectivity index (χ0v) is 14.2. The van der Waals surface area contributed by atoms with E-state index in [0.29, 0.717) is 9.34 Å². The van der Waals surface area contributed by atoms with Gasteiger partial charge in [-0.15, -0.1) is 0 Å². The summed E-state index contributed by atoms with van der Waals surface area (Å²) in [5.74, 6) is -0.615. The molecule has 0 spiro atoms. The van der Waals surface area contributed by atoms with Gasteiger partial charge in [0.1, 0.15) is 16.5 Å². The fourth-order valence-electron chi connectivity index (χ4n) is 2.05. The second kappa shape index (κ2) is 7.46. The molecule has 0 radical (unpaired) electrons. The third kappa shape index (κ3) is 3.93. The van der Waals surface area contributed by atoms with Gasteiger partial charge >= 0.3 is 0 Å². The van der Waals surface area contributed by atoms with E-state index >= 15 is 0 Å². The Labute approximate surface area is 146 Å². The van der Waals surface area contributed by atoms with E-state index in [4.69, 9.17) is 5.73 Å². The van der Waals surface area contributed by atoms with Crippen molar-refractivity contribution >= 4 is 39.7 Å². The highest BCUT2D eigenvalue weighted by atomic mass is 32.2. The molecule has 0 aliphatic rings. The highest BCUT2D eigenvalue weighted by molar-refractivity contribution is 8.01. The molecule has 0 bridgehead atoms. The van der Waals surface area contributed by atoms with Gasteiger partial charge in [0.2, 0.25) is 5.91 Å². The molecule has 1 heterocycles. The molecule has 0 aliphatic carbocycles. The van der Waals surface area contributed by atoms with Crippen molar-refractivity contribution in [2.45, 2.75) is 4.34 Å². The summed E-state index contributed by atoms with van der Waals surface area (Å²) >= 11 is 2.61. The molecule has 2 aromatic carbocycles. The molecule has 3 aromatic rings. The maximum absolute atomic E-state index is 13.5. The van der Waals surface area contributed by atoms with Crippen LogP contribution in [0.25, 0.3) is 11.3 Å². The van der Waals surface area contributed by atoms with Crippen molar-refractivity contribution in [1.82, 2.24) is 4.98 Å². The summed E-state index contributed by atoms with van der Waals surface area (Å²) in [5.41, 5.74) is 7.85. The average molecular weight is 359 g/mol. The molecule has 0 saturated heterocycles. The molecule has 0 unspecified atom stereocenters. The lowest BCUT2D eigenvalue weighted by Crippen LogP contribution is -2.14. The van der Waals surface area contributed by atoms with Crippen molar-refractivity contribution in [2.24, 2.45) is 0 Å². The monoisotopic (exact) mass is 359 g/mol. The first kappa shape index (κ1) is 16.5. The predicted octanol–water partition coefficient (Wildman–Crippen LogP) is 4.26. The van der Waals surface area contributed by atoms with Gasteiger partial charge in [-0.3, -0.25) is 4.79 Å². The maximum atomic E-state index is 13.5. The molecule has 4 nitrogen and oxygen atoms in total. The van der Waals surface area contributed by atoms with Crippen LogP contribution in [0.3, 0.4) is 0 Å². The molecule has 0 atom stereocenters. The van der Waals surface area contributed by atoms with Gasteiger partial charge < -0.3 is 11.1 Å². The minimum absolute atomic E-state index is 0.134. The lowest BCUT2D eigenvalue weighted by Gasteiger charge is -2.04. The topological polar surface area (TPSA) is 68.0 Å². The molecule has 1 aromatic heterocycles. The van der Waals surface area contributed by atoms with Crippen molar-refractivity contribution in [3.63, 3.8) is 0 Å². The number of benzene rings is 2. The third-order valence-corrected chi connectivity index (χ3v) is 5.18. The smallest absolute Gasteiger partial charge is 0.234 e. The summed E-state index contributed by atoms with van der Waals surface area (Å²) in [6.07, 6.45) is 0. The zero-order valence-electron chi connectivity index (χ0n) is 12.5. The first-order valence-corrected chi connectivity index (χ1v) is 8.92. The van der Waals surface area contributed by atoms with Crippen molar-refractivity contribution in [1.29, 1.82) is 0 Å². The minimum atomic E-state index is -0.458. The number of nitrogens with one attached hydrogen (secondary N) is 1. The second-order valence-electron chi connectivity index (χ2n) is 4.88. The van der Waals surface area contributed by atoms with Crippen LogP contribution in [0.1, 0.15) is 0 Å². The van der Waals surface area contributed by atoms with Gasteiger partial charge in [0, 0.05) is 5.56 Å². The van der Waals surface area contributed by atoms with E-state index in [9.17, 15) is 9.18 Å². The molecular formula is C17H14FN3OS2. The van der Waals surface area contributed by atoms with Crippen LogP contribution in [0.15, 0.2) is 58.9 Å². The van der Waals surface area contributed by atoms with Crippen LogP contribution >= 0.6 is 23.1 Å². The van der Waals surface area contributed by atoms with Crippen molar-refractivity contribution in [3.8, 4) is 11.3 Å². The number of thiazole rings is 1. The van der Waals surface area contributed by atoms with E-state index in [2.05, 4.69) is 10.3 Å². The predicted molar refractivity (Wildman–Crippen MR) is 97.7 cm³/mol. The lowest BCUT2D eigenvalue weighted by atomic mass is 10.2. The van der Waals surface area contributed by atoms with Gasteiger partial charge in [-0.25, -0.2) is 9.37 Å². The average Bonchev–Trinajstić information content (AvgIpc) is 2.97. The minimum Gasteiger partial charge on any atom is -0.389 e. The Morgan fingerprint density at radius 2 is 1.88 bits per heavy atom. The quantitative estimate of drug-likeness (QED) is 0.668. The zero-order chi connectivity index (χ0) is 16.9. The molecule has 7 heteroatoms. The van der Waals surface area contributed by atoms with E-state index in [1.165, 1.54) is 35.2 Å². The van der Waals surface area contributed by atoms with Gasteiger partial charge in [0.15, 0.2) is 4.34 Å². The summed E-state index contributed by atoms with van der Waals surface area (Å²) in [6.45, 7) is 0. The van der Waals surface area contributed by atoms with E-state index in [0.717, 1.165) is 11.3 Å². The van der Waals surface area contributed by atoms with Gasteiger partial charge in [-0.2, -0.15) is 0 Å². The number of rotatable bonds is 5. The molecule has 1 amide bonds. The van der Waals surface area contributed by atoms with E-state index in [-0.39, 0.29) is 17.3 Å². The summed E-state index contributed by atoms with van der Waals surface area (Å²) in [6, 6.07) is 15.7. The normalized spacial score (nSPS) is 10.5. The number of carbonyl (C=O) groups is 1. The molecular weight excluding hydrogens is 345 g/mol. The number of nitrogens with two attached hydrogens (primary N) is 1. The number of carbonyl (C=O) groups excluding carboxylic acids is 1. The SMILES string of the molecule is Nc1sc(SCC(=O)Nc2ccccc2F)nc1-c1ccccc1. The summed E-state index contributed by atoms with van der Waals surface area (Å²) in [7, 11) is 0. The number of nitrogen functional groups attached to an aromatic ring is 1. The number of hydrogen-bond acceptors (Lipinski definition) is 5. The van der Waals surface area contributed by atoms with Crippen LogP contribution in [0.4, 0.5) is 15.1 Å². The van der Waals surface area contributed by atoms with Crippen molar-refractivity contribution in [3.05, 3.63) is 60.4 Å². The molecule has 0 saturated carbocycles. The first-order valence-electron chi connectivity index (χ1n) is 7.12. The number of nitrogens with zero attached hydrogens (tertiary/aromatic N) is 1. The molecule has 0 fully saturated rings. The van der Waals surface area contributed by atoms with E-state index < -0.39 is 5.82 Å². The maximum Gasteiger partial charge on any atom is 0.234 e. The Balaban J connectivity index is 1.63. The van der Waals surface area contributed by atoms with Gasteiger partial charge in [-0.1, -0.05) is 65.6 Å². The highest BCUT2D eigenvalue weighted by Crippen LogP contribution is 2.35. The number of para-hydroxylation sites is 1. The number of thioether (sulfide) groups is 1. The third-order valence-electron chi connectivity index (χ3n) is 3.16. The fourth-order valence-corrected chi connectivity index (χ4v) is 3.80. The standard InChI is InChI=1S/C17H14FN3OS2/c18-12-8-4-5-9-13(12)20-14(22)10-23-17-21-15(16(19)24-17)11-6-2-1-3-7-11/h1-9H,10,19H2,(H,20,22). The number of amides is 1. The molecule has 122 valence electrons. The summed E-state index contributed by atoms with van der Waals surface area (Å²) < 4.78 is 14.2. The van der Waals surface area contributed by atoms with Crippen molar-refractivity contribution < 1.29 is 9.18 Å². The Kier molecular flexibility index (Phi) is 5.12. The summed E-state index contributed by atoms with van der Waals surface area (Å²) in [5, 5.41) is 3.15. The molecule has 3 rings (SSSR count).